The van der Waals surface area contributed by atoms with Crippen LogP contribution < -0.4 is 11.1 Å². The molecule has 4 N–H and O–H groups in total. The number of nitrogens with two attached hydrogens (primary N) is 1. The molecule has 126 valence electrons. The maximum Gasteiger partial charge on any atom is 0.292 e. The van der Waals surface area contributed by atoms with Gasteiger partial charge in [-0.3, -0.25) is 14.9 Å². The number of carbonyl (C=O) groups is 1. The van der Waals surface area contributed by atoms with Gasteiger partial charge in [0.25, 0.3) is 11.6 Å². The molecule has 2 rings (SSSR count). The summed E-state index contributed by atoms with van der Waals surface area (Å²) in [7, 11) is 0. The van der Waals surface area contributed by atoms with Crippen molar-refractivity contribution in [1.82, 2.24) is 5.32 Å². The number of rotatable bonds is 6. The van der Waals surface area contributed by atoms with Crippen LogP contribution in [0.2, 0.25) is 0 Å². The summed E-state index contributed by atoms with van der Waals surface area (Å²) in [4.78, 5) is 22.3. The molecule has 1 saturated carbocycles. The third-order valence-electron chi connectivity index (χ3n) is 4.43. The number of hydrogen-bond donors (Lipinski definition) is 3. The van der Waals surface area contributed by atoms with E-state index in [0.29, 0.717) is 12.5 Å². The normalized spacial score (nSPS) is 20.9. The summed E-state index contributed by atoms with van der Waals surface area (Å²) in [6, 6.07) is 4.20. The lowest BCUT2D eigenvalue weighted by molar-refractivity contribution is -0.383. The van der Waals surface area contributed by atoms with Gasteiger partial charge >= 0.3 is 0 Å². The molecule has 0 radical (unpaired) electrons. The number of hydrogen-bond acceptors (Lipinski definition) is 5. The quantitative estimate of drug-likeness (QED) is 0.321. The monoisotopic (exact) mass is 321 g/mol. The second-order valence-corrected chi connectivity index (χ2v) is 6.01. The molecule has 0 heterocycles. The van der Waals surface area contributed by atoms with Crippen LogP contribution in [0.4, 0.5) is 11.4 Å². The second kappa shape index (κ2) is 7.92. The molecule has 1 aliphatic rings. The molecule has 0 bridgehead atoms. The largest absolute Gasteiger partial charge is 0.393 e. The lowest BCUT2D eigenvalue weighted by atomic mass is 9.83. The van der Waals surface area contributed by atoms with E-state index in [4.69, 9.17) is 5.73 Å². The van der Waals surface area contributed by atoms with Crippen molar-refractivity contribution in [3.8, 4) is 0 Å². The number of amides is 1. The Kier molecular flexibility index (Phi) is 5.92. The summed E-state index contributed by atoms with van der Waals surface area (Å²) >= 11 is 0. The molecule has 7 heteroatoms. The van der Waals surface area contributed by atoms with Crippen molar-refractivity contribution in [3.05, 3.63) is 33.9 Å². The van der Waals surface area contributed by atoms with Crippen molar-refractivity contribution in [3.63, 3.8) is 0 Å². The van der Waals surface area contributed by atoms with E-state index in [9.17, 15) is 20.0 Å². The van der Waals surface area contributed by atoms with Gasteiger partial charge in [0, 0.05) is 12.6 Å². The molecular weight excluding hydrogens is 298 g/mol. The Balaban J connectivity index is 1.83. The highest BCUT2D eigenvalue weighted by molar-refractivity contribution is 6.00. The van der Waals surface area contributed by atoms with Gasteiger partial charge in [-0.15, -0.1) is 0 Å². The molecule has 23 heavy (non-hydrogen) atoms. The van der Waals surface area contributed by atoms with E-state index in [1.807, 2.05) is 0 Å². The van der Waals surface area contributed by atoms with E-state index in [0.717, 1.165) is 38.5 Å². The first-order chi connectivity index (χ1) is 11.0. The minimum Gasteiger partial charge on any atom is -0.393 e. The van der Waals surface area contributed by atoms with Crippen molar-refractivity contribution in [2.45, 2.75) is 44.6 Å². The van der Waals surface area contributed by atoms with Crippen LogP contribution >= 0.6 is 0 Å². The van der Waals surface area contributed by atoms with Crippen LogP contribution in [0.1, 0.15) is 48.9 Å². The van der Waals surface area contributed by atoms with E-state index in [2.05, 4.69) is 5.32 Å². The summed E-state index contributed by atoms with van der Waals surface area (Å²) in [5.41, 5.74) is 5.44. The minimum atomic E-state index is -0.601. The van der Waals surface area contributed by atoms with Crippen molar-refractivity contribution < 1.29 is 14.8 Å². The molecule has 0 aliphatic heterocycles. The molecule has 1 fully saturated rings. The van der Waals surface area contributed by atoms with Crippen molar-refractivity contribution in [1.29, 1.82) is 0 Å². The van der Waals surface area contributed by atoms with Gasteiger partial charge in [-0.25, -0.2) is 0 Å². The fourth-order valence-corrected chi connectivity index (χ4v) is 3.10. The fraction of sp³-hybridized carbons (Fsp3) is 0.562. The van der Waals surface area contributed by atoms with Crippen molar-refractivity contribution in [2.24, 2.45) is 5.92 Å². The second-order valence-electron chi connectivity index (χ2n) is 6.01. The summed E-state index contributed by atoms with van der Waals surface area (Å²) in [5, 5.41) is 23.5. The number of anilines is 1. The third-order valence-corrected chi connectivity index (χ3v) is 4.43. The van der Waals surface area contributed by atoms with Gasteiger partial charge in [0.2, 0.25) is 0 Å². The number of nitro benzene ring substituents is 1. The molecule has 7 nitrogen and oxygen atoms in total. The van der Waals surface area contributed by atoms with E-state index in [-0.39, 0.29) is 23.0 Å². The number of nitrogen functional groups attached to an aromatic ring is 1. The van der Waals surface area contributed by atoms with Crippen LogP contribution in [-0.2, 0) is 0 Å². The number of aliphatic hydroxyl groups is 1. The Morgan fingerprint density at radius 3 is 2.83 bits per heavy atom. The number of carbonyl (C=O) groups excluding carboxylic acids is 1. The molecule has 1 amide bonds. The lowest BCUT2D eigenvalue weighted by Crippen LogP contribution is -2.28. The van der Waals surface area contributed by atoms with E-state index >= 15 is 0 Å². The van der Waals surface area contributed by atoms with Crippen molar-refractivity contribution >= 4 is 17.3 Å². The predicted molar refractivity (Wildman–Crippen MR) is 87.0 cm³/mol. The highest BCUT2D eigenvalue weighted by Gasteiger charge is 2.22. The highest BCUT2D eigenvalue weighted by Crippen LogP contribution is 2.28. The Bertz CT molecular complexity index is 576. The summed E-state index contributed by atoms with van der Waals surface area (Å²) in [5.74, 6) is -0.0982. The molecule has 1 aromatic rings. The first kappa shape index (κ1) is 17.2. The van der Waals surface area contributed by atoms with Gasteiger partial charge in [0.1, 0.15) is 5.69 Å². The zero-order chi connectivity index (χ0) is 16.8. The van der Waals surface area contributed by atoms with Crippen LogP contribution in [-0.4, -0.2) is 28.6 Å². The average Bonchev–Trinajstić information content (AvgIpc) is 2.52. The molecule has 0 aromatic heterocycles. The molecular formula is C16H23N3O4. The zero-order valence-electron chi connectivity index (χ0n) is 13.0. The summed E-state index contributed by atoms with van der Waals surface area (Å²) in [6.45, 7) is 0.462. The smallest absolute Gasteiger partial charge is 0.292 e. The van der Waals surface area contributed by atoms with Crippen LogP contribution in [0.5, 0.6) is 0 Å². The van der Waals surface area contributed by atoms with E-state index in [1.54, 1.807) is 0 Å². The standard InChI is InChI=1S/C16H23N3O4/c17-15-12(7-3-8-13(15)19(22)23)16(21)18-10-4-6-11-5-1-2-9-14(11)20/h3,7-8,11,14,20H,1-2,4-6,9-10,17H2,(H,18,21). The number of nitro groups is 1. The number of aliphatic hydroxyl groups excluding tert-OH is 1. The number of para-hydroxylation sites is 1. The first-order valence-electron chi connectivity index (χ1n) is 8.00. The Hall–Kier alpha value is -2.15. The van der Waals surface area contributed by atoms with E-state index in [1.165, 1.54) is 18.2 Å². The SMILES string of the molecule is Nc1c(C(=O)NCCCC2CCCCC2O)cccc1[N+](=O)[O-]. The number of nitrogens with one attached hydrogen (secondary N) is 1. The third kappa shape index (κ3) is 4.41. The molecule has 0 spiro atoms. The molecule has 2 atom stereocenters. The molecule has 1 aromatic carbocycles. The highest BCUT2D eigenvalue weighted by atomic mass is 16.6. The minimum absolute atomic E-state index is 0.113. The Morgan fingerprint density at radius 2 is 2.13 bits per heavy atom. The maximum atomic E-state index is 12.1. The molecule has 2 unspecified atom stereocenters. The average molecular weight is 321 g/mol. The van der Waals surface area contributed by atoms with Gasteiger partial charge in [-0.1, -0.05) is 18.9 Å². The van der Waals surface area contributed by atoms with Gasteiger partial charge < -0.3 is 16.2 Å². The van der Waals surface area contributed by atoms with Crippen LogP contribution in [0.25, 0.3) is 0 Å². The lowest BCUT2D eigenvalue weighted by Gasteiger charge is -2.27. The van der Waals surface area contributed by atoms with Crippen LogP contribution in [0, 0.1) is 16.0 Å². The van der Waals surface area contributed by atoms with Gasteiger partial charge in [0.05, 0.1) is 16.6 Å². The Labute approximate surface area is 135 Å². The zero-order valence-corrected chi connectivity index (χ0v) is 13.0. The number of nitrogens with zero attached hydrogens (tertiary/aromatic N) is 1. The summed E-state index contributed by atoms with van der Waals surface area (Å²) in [6.07, 6.45) is 5.54. The molecule has 0 saturated heterocycles. The van der Waals surface area contributed by atoms with E-state index < -0.39 is 10.8 Å². The molecule has 1 aliphatic carbocycles. The number of benzene rings is 1. The topological polar surface area (TPSA) is 118 Å². The fourth-order valence-electron chi connectivity index (χ4n) is 3.10. The van der Waals surface area contributed by atoms with Crippen LogP contribution in [0.3, 0.4) is 0 Å². The summed E-state index contributed by atoms with van der Waals surface area (Å²) < 4.78 is 0. The first-order valence-corrected chi connectivity index (χ1v) is 8.00. The van der Waals surface area contributed by atoms with Gasteiger partial charge in [-0.2, -0.15) is 0 Å². The van der Waals surface area contributed by atoms with Crippen molar-refractivity contribution in [2.75, 3.05) is 12.3 Å². The van der Waals surface area contributed by atoms with Gasteiger partial charge in [-0.05, 0) is 37.7 Å². The predicted octanol–water partition coefficient (Wildman–Crippen LogP) is 2.24. The van der Waals surface area contributed by atoms with Gasteiger partial charge in [0.15, 0.2) is 0 Å². The maximum absolute atomic E-state index is 12.1. The van der Waals surface area contributed by atoms with Crippen LogP contribution in [0.15, 0.2) is 18.2 Å². The Morgan fingerprint density at radius 1 is 1.39 bits per heavy atom.